The van der Waals surface area contributed by atoms with Gasteiger partial charge in [0.15, 0.2) is 0 Å². The Bertz CT molecular complexity index is 606. The molecule has 2 aromatic rings. The van der Waals surface area contributed by atoms with Crippen molar-refractivity contribution in [1.82, 2.24) is 0 Å². The monoisotopic (exact) mass is 294 g/mol. The summed E-state index contributed by atoms with van der Waals surface area (Å²) in [5.74, 6) is 1.56. The summed E-state index contributed by atoms with van der Waals surface area (Å²) in [5, 5.41) is 0.203. The van der Waals surface area contributed by atoms with Crippen LogP contribution >= 0.6 is 7.60 Å². The van der Waals surface area contributed by atoms with Crippen LogP contribution in [0.2, 0.25) is 0 Å². The minimum atomic E-state index is -3.92. The largest absolute Gasteiger partial charge is 0.497 e. The normalized spacial score (nSPS) is 13.3. The van der Waals surface area contributed by atoms with E-state index in [0.717, 1.165) is 0 Å². The summed E-state index contributed by atoms with van der Waals surface area (Å²) in [5.41, 5.74) is 0. The molecule has 0 saturated heterocycles. The van der Waals surface area contributed by atoms with Gasteiger partial charge in [-0.15, -0.1) is 0 Å². The zero-order chi connectivity index (χ0) is 14.6. The first-order chi connectivity index (χ1) is 9.55. The van der Waals surface area contributed by atoms with E-state index in [0.29, 0.717) is 17.2 Å². The summed E-state index contributed by atoms with van der Waals surface area (Å²) in [6.07, 6.45) is 0. The molecule has 0 bridgehead atoms. The number of ether oxygens (including phenoxy) is 2. The zero-order valence-electron chi connectivity index (χ0n) is 11.1. The van der Waals surface area contributed by atoms with Crippen molar-refractivity contribution in [3.63, 3.8) is 0 Å². The quantitative estimate of drug-likeness (QED) is 0.859. The van der Waals surface area contributed by atoms with Gasteiger partial charge in [0.05, 0.1) is 19.5 Å². The average molecular weight is 294 g/mol. The molecule has 0 amide bonds. The number of hydrogen-bond acceptors (Lipinski definition) is 4. The number of rotatable bonds is 5. The smallest absolute Gasteiger partial charge is 0.408 e. The van der Waals surface area contributed by atoms with Crippen molar-refractivity contribution in [3.05, 3.63) is 48.5 Å². The summed E-state index contributed by atoms with van der Waals surface area (Å²) in [6.45, 7) is 0. The fraction of sp³-hybridized carbons (Fsp3) is 0.143. The van der Waals surface area contributed by atoms with E-state index in [1.807, 2.05) is 0 Å². The van der Waals surface area contributed by atoms with Gasteiger partial charge in [-0.25, -0.2) is 4.57 Å². The first-order valence-electron chi connectivity index (χ1n) is 5.86. The van der Waals surface area contributed by atoms with E-state index in [1.54, 1.807) is 43.5 Å². The highest BCUT2D eigenvalue weighted by atomic mass is 31.2. The van der Waals surface area contributed by atoms with Crippen molar-refractivity contribution in [2.45, 2.75) is 0 Å². The molecule has 0 aromatic heterocycles. The molecule has 0 saturated carbocycles. The van der Waals surface area contributed by atoms with Gasteiger partial charge >= 0.3 is 7.60 Å². The van der Waals surface area contributed by atoms with Gasteiger partial charge in [0.1, 0.15) is 17.2 Å². The highest BCUT2D eigenvalue weighted by Crippen LogP contribution is 2.42. The zero-order valence-corrected chi connectivity index (χ0v) is 12.0. The first kappa shape index (κ1) is 14.4. The lowest BCUT2D eigenvalue weighted by Crippen LogP contribution is -2.08. The van der Waals surface area contributed by atoms with Gasteiger partial charge in [0, 0.05) is 0 Å². The van der Waals surface area contributed by atoms with Crippen LogP contribution in [0.5, 0.6) is 17.2 Å². The summed E-state index contributed by atoms with van der Waals surface area (Å²) in [7, 11) is -0.842. The lowest BCUT2D eigenvalue weighted by molar-refractivity contribution is 0.391. The van der Waals surface area contributed by atoms with E-state index in [4.69, 9.17) is 14.0 Å². The fourth-order valence-corrected chi connectivity index (χ4v) is 2.64. The van der Waals surface area contributed by atoms with Gasteiger partial charge in [0.2, 0.25) is 0 Å². The highest BCUT2D eigenvalue weighted by Gasteiger charge is 2.24. The van der Waals surface area contributed by atoms with Crippen molar-refractivity contribution < 1.29 is 23.5 Å². The SMILES string of the molecule is COc1ccc(OP(=O)(O)c2ccc(OC)cc2)cc1. The van der Waals surface area contributed by atoms with Gasteiger partial charge in [-0.3, -0.25) is 0 Å². The molecule has 5 nitrogen and oxygen atoms in total. The van der Waals surface area contributed by atoms with E-state index in [-0.39, 0.29) is 5.30 Å². The van der Waals surface area contributed by atoms with Crippen LogP contribution in [-0.2, 0) is 4.57 Å². The van der Waals surface area contributed by atoms with Crippen molar-refractivity contribution in [2.75, 3.05) is 14.2 Å². The standard InChI is InChI=1S/C14H15O5P/c1-17-11-3-5-13(6-4-11)19-20(15,16)14-9-7-12(18-2)8-10-14/h3-10H,1-2H3,(H,15,16). The summed E-state index contributed by atoms with van der Waals surface area (Å²) in [6, 6.07) is 12.7. The van der Waals surface area contributed by atoms with Gasteiger partial charge < -0.3 is 18.9 Å². The Kier molecular flexibility index (Phi) is 4.32. The fourth-order valence-electron chi connectivity index (χ4n) is 1.60. The Hall–Kier alpha value is -1.97. The van der Waals surface area contributed by atoms with Crippen LogP contribution in [0.3, 0.4) is 0 Å². The van der Waals surface area contributed by atoms with E-state index in [9.17, 15) is 9.46 Å². The van der Waals surface area contributed by atoms with Crippen molar-refractivity contribution >= 4 is 12.9 Å². The second-order valence-electron chi connectivity index (χ2n) is 3.99. The van der Waals surface area contributed by atoms with Crippen molar-refractivity contribution in [1.29, 1.82) is 0 Å². The molecule has 1 N–H and O–H groups in total. The Labute approximate surface area is 117 Å². The van der Waals surface area contributed by atoms with Gasteiger partial charge in [-0.1, -0.05) is 0 Å². The molecule has 6 heteroatoms. The van der Waals surface area contributed by atoms with Gasteiger partial charge in [-0.2, -0.15) is 0 Å². The number of hydrogen-bond donors (Lipinski definition) is 1. The highest BCUT2D eigenvalue weighted by molar-refractivity contribution is 7.61. The number of methoxy groups -OCH3 is 2. The summed E-state index contributed by atoms with van der Waals surface area (Å²) >= 11 is 0. The molecular weight excluding hydrogens is 279 g/mol. The molecular formula is C14H15O5P. The molecule has 1 atom stereocenters. The molecule has 0 aliphatic carbocycles. The van der Waals surface area contributed by atoms with Crippen LogP contribution in [0.25, 0.3) is 0 Å². The topological polar surface area (TPSA) is 65.0 Å². The maximum absolute atomic E-state index is 12.2. The Morgan fingerprint density at radius 2 is 1.20 bits per heavy atom. The van der Waals surface area contributed by atoms with Crippen LogP contribution in [-0.4, -0.2) is 19.1 Å². The Balaban J connectivity index is 2.18. The second-order valence-corrected chi connectivity index (χ2v) is 5.73. The molecule has 106 valence electrons. The van der Waals surface area contributed by atoms with Crippen molar-refractivity contribution in [2.24, 2.45) is 0 Å². The van der Waals surface area contributed by atoms with Gasteiger partial charge in [0.25, 0.3) is 0 Å². The van der Waals surface area contributed by atoms with Crippen LogP contribution in [0.15, 0.2) is 48.5 Å². The lowest BCUT2D eigenvalue weighted by atomic mass is 10.3. The third-order valence-corrected chi connectivity index (χ3v) is 4.10. The van der Waals surface area contributed by atoms with Crippen LogP contribution in [0.4, 0.5) is 0 Å². The molecule has 0 fully saturated rings. The third-order valence-electron chi connectivity index (χ3n) is 2.69. The average Bonchev–Trinajstić information content (AvgIpc) is 2.48. The van der Waals surface area contributed by atoms with E-state index in [2.05, 4.69) is 0 Å². The third kappa shape index (κ3) is 3.32. The molecule has 0 spiro atoms. The Morgan fingerprint density at radius 3 is 1.65 bits per heavy atom. The van der Waals surface area contributed by atoms with E-state index >= 15 is 0 Å². The van der Waals surface area contributed by atoms with Gasteiger partial charge in [-0.05, 0) is 48.5 Å². The Morgan fingerprint density at radius 1 is 0.800 bits per heavy atom. The number of benzene rings is 2. The van der Waals surface area contributed by atoms with E-state index < -0.39 is 7.60 Å². The van der Waals surface area contributed by atoms with Crippen LogP contribution < -0.4 is 19.3 Å². The molecule has 0 radical (unpaired) electrons. The van der Waals surface area contributed by atoms with Crippen molar-refractivity contribution in [3.8, 4) is 17.2 Å². The predicted molar refractivity (Wildman–Crippen MR) is 76.1 cm³/mol. The minimum absolute atomic E-state index is 0.203. The minimum Gasteiger partial charge on any atom is -0.497 e. The molecule has 0 aliphatic rings. The maximum atomic E-state index is 12.2. The molecule has 1 unspecified atom stereocenters. The molecule has 0 aliphatic heterocycles. The van der Waals surface area contributed by atoms with E-state index in [1.165, 1.54) is 19.2 Å². The van der Waals surface area contributed by atoms with Crippen LogP contribution in [0, 0.1) is 0 Å². The predicted octanol–water partition coefficient (Wildman–Crippen LogP) is 2.59. The molecule has 20 heavy (non-hydrogen) atoms. The summed E-state index contributed by atoms with van der Waals surface area (Å²) < 4.78 is 27.4. The van der Waals surface area contributed by atoms with Crippen LogP contribution in [0.1, 0.15) is 0 Å². The molecule has 0 heterocycles. The molecule has 2 aromatic carbocycles. The first-order valence-corrected chi connectivity index (χ1v) is 7.44. The second kappa shape index (κ2) is 5.99. The molecule has 2 rings (SSSR count). The maximum Gasteiger partial charge on any atom is 0.408 e. The lowest BCUT2D eigenvalue weighted by Gasteiger charge is -2.14. The summed E-state index contributed by atoms with van der Waals surface area (Å²) in [4.78, 5) is 9.99.